The summed E-state index contributed by atoms with van der Waals surface area (Å²) in [5.74, 6) is 0.877. The second-order valence-corrected chi connectivity index (χ2v) is 5.69. The highest BCUT2D eigenvalue weighted by Crippen LogP contribution is 2.30. The van der Waals surface area contributed by atoms with Crippen molar-refractivity contribution >= 4 is 11.6 Å². The molecule has 2 rings (SSSR count). The summed E-state index contributed by atoms with van der Waals surface area (Å²) in [6, 6.07) is 14.7. The van der Waals surface area contributed by atoms with E-state index in [0.29, 0.717) is 0 Å². The van der Waals surface area contributed by atoms with Gasteiger partial charge in [-0.3, -0.25) is 0 Å². The number of hydrogen-bond donors (Lipinski definition) is 1. The summed E-state index contributed by atoms with van der Waals surface area (Å²) in [5.41, 5.74) is 3.75. The van der Waals surface area contributed by atoms with Crippen molar-refractivity contribution in [1.29, 1.82) is 0 Å². The molecule has 21 heavy (non-hydrogen) atoms. The Morgan fingerprint density at radius 2 is 1.86 bits per heavy atom. The summed E-state index contributed by atoms with van der Waals surface area (Å²) in [4.78, 5) is 0. The molecule has 0 saturated carbocycles. The van der Waals surface area contributed by atoms with E-state index in [0.717, 1.165) is 29.2 Å². The van der Waals surface area contributed by atoms with Crippen LogP contribution in [0, 0.1) is 6.92 Å². The first-order valence-corrected chi connectivity index (χ1v) is 7.58. The van der Waals surface area contributed by atoms with E-state index in [-0.39, 0.29) is 6.04 Å². The molecule has 0 bridgehead atoms. The molecule has 112 valence electrons. The highest BCUT2D eigenvalue weighted by atomic mass is 35.5. The molecule has 1 unspecified atom stereocenters. The average molecular weight is 304 g/mol. The quantitative estimate of drug-likeness (QED) is 0.845. The molecule has 0 aliphatic carbocycles. The van der Waals surface area contributed by atoms with Crippen molar-refractivity contribution in [2.24, 2.45) is 0 Å². The maximum Gasteiger partial charge on any atom is 0.123 e. The molecule has 0 aliphatic rings. The maximum absolute atomic E-state index is 6.13. The van der Waals surface area contributed by atoms with E-state index in [2.05, 4.69) is 36.5 Å². The number of methoxy groups -OCH3 is 1. The third-order valence-electron chi connectivity index (χ3n) is 3.76. The Kier molecular flexibility index (Phi) is 5.66. The molecule has 3 heteroatoms. The van der Waals surface area contributed by atoms with Crippen LogP contribution in [0.4, 0.5) is 0 Å². The average Bonchev–Trinajstić information content (AvgIpc) is 2.50. The number of nitrogens with one attached hydrogen (secondary N) is 1. The smallest absolute Gasteiger partial charge is 0.123 e. The van der Waals surface area contributed by atoms with E-state index in [9.17, 15) is 0 Å². The molecule has 0 heterocycles. The van der Waals surface area contributed by atoms with Gasteiger partial charge in [-0.25, -0.2) is 0 Å². The highest BCUT2D eigenvalue weighted by Gasteiger charge is 2.15. The first-order chi connectivity index (χ1) is 10.1. The third-order valence-corrected chi connectivity index (χ3v) is 3.99. The summed E-state index contributed by atoms with van der Waals surface area (Å²) in [6.07, 6.45) is 2.01. The zero-order valence-electron chi connectivity index (χ0n) is 12.8. The van der Waals surface area contributed by atoms with Crippen LogP contribution >= 0.6 is 11.6 Å². The monoisotopic (exact) mass is 303 g/mol. The van der Waals surface area contributed by atoms with Crippen molar-refractivity contribution in [3.8, 4) is 5.75 Å². The van der Waals surface area contributed by atoms with Crippen LogP contribution in [0.2, 0.25) is 5.02 Å². The Hall–Kier alpha value is -1.51. The van der Waals surface area contributed by atoms with Crippen molar-refractivity contribution in [2.75, 3.05) is 14.2 Å². The number of rotatable bonds is 6. The van der Waals surface area contributed by atoms with Gasteiger partial charge >= 0.3 is 0 Å². The Bertz CT molecular complexity index is 580. The van der Waals surface area contributed by atoms with Crippen LogP contribution in [0.3, 0.4) is 0 Å². The van der Waals surface area contributed by atoms with Gasteiger partial charge in [0.2, 0.25) is 0 Å². The Morgan fingerprint density at radius 1 is 1.14 bits per heavy atom. The lowest BCUT2D eigenvalue weighted by molar-refractivity contribution is 0.399. The number of halogens is 1. The van der Waals surface area contributed by atoms with Gasteiger partial charge in [-0.1, -0.05) is 41.4 Å². The molecule has 0 saturated heterocycles. The predicted octanol–water partition coefficient (Wildman–Crippen LogP) is 4.55. The van der Waals surface area contributed by atoms with Crippen LogP contribution in [0.25, 0.3) is 0 Å². The van der Waals surface area contributed by atoms with Crippen molar-refractivity contribution in [1.82, 2.24) is 5.32 Å². The van der Waals surface area contributed by atoms with Gasteiger partial charge in [0.25, 0.3) is 0 Å². The van der Waals surface area contributed by atoms with Crippen LogP contribution in [-0.4, -0.2) is 14.2 Å². The van der Waals surface area contributed by atoms with Crippen molar-refractivity contribution < 1.29 is 4.74 Å². The molecule has 0 aromatic heterocycles. The lowest BCUT2D eigenvalue weighted by Gasteiger charge is -2.20. The van der Waals surface area contributed by atoms with Crippen molar-refractivity contribution in [3.05, 3.63) is 64.2 Å². The van der Waals surface area contributed by atoms with Crippen LogP contribution in [0.15, 0.2) is 42.5 Å². The van der Waals surface area contributed by atoms with E-state index < -0.39 is 0 Å². The lowest BCUT2D eigenvalue weighted by Crippen LogP contribution is -2.18. The first-order valence-electron chi connectivity index (χ1n) is 7.20. The number of aryl methyl sites for hydroxylation is 2. The molecular weight excluding hydrogens is 282 g/mol. The Labute approximate surface area is 132 Å². The molecule has 2 aromatic rings. The summed E-state index contributed by atoms with van der Waals surface area (Å²) < 4.78 is 5.45. The van der Waals surface area contributed by atoms with Gasteiger partial charge < -0.3 is 10.1 Å². The fraction of sp³-hybridized carbons (Fsp3) is 0.333. The zero-order chi connectivity index (χ0) is 15.2. The molecule has 0 fully saturated rings. The topological polar surface area (TPSA) is 21.3 Å². The molecule has 0 aliphatic heterocycles. The summed E-state index contributed by atoms with van der Waals surface area (Å²) >= 11 is 6.13. The van der Waals surface area contributed by atoms with Crippen LogP contribution in [-0.2, 0) is 6.42 Å². The maximum atomic E-state index is 6.13. The second-order valence-electron chi connectivity index (χ2n) is 5.25. The van der Waals surface area contributed by atoms with E-state index in [1.165, 1.54) is 11.1 Å². The van der Waals surface area contributed by atoms with Gasteiger partial charge in [0.15, 0.2) is 0 Å². The minimum atomic E-state index is 0.222. The largest absolute Gasteiger partial charge is 0.496 e. The summed E-state index contributed by atoms with van der Waals surface area (Å²) in [5, 5.41) is 4.10. The molecule has 0 radical (unpaired) electrons. The molecule has 1 N–H and O–H groups in total. The fourth-order valence-electron chi connectivity index (χ4n) is 2.50. The SMILES string of the molecule is CNC(CCc1ccc(C)cc1)c1cc(Cl)ccc1OC. The molecule has 0 spiro atoms. The van der Waals surface area contributed by atoms with Gasteiger partial charge in [-0.15, -0.1) is 0 Å². The number of benzene rings is 2. The Balaban J connectivity index is 2.12. The van der Waals surface area contributed by atoms with E-state index >= 15 is 0 Å². The van der Waals surface area contributed by atoms with Crippen LogP contribution in [0.5, 0.6) is 5.75 Å². The van der Waals surface area contributed by atoms with Crippen LogP contribution in [0.1, 0.15) is 29.2 Å². The molecule has 1 atom stereocenters. The minimum Gasteiger partial charge on any atom is -0.496 e. The summed E-state index contributed by atoms with van der Waals surface area (Å²) in [6.45, 7) is 2.11. The van der Waals surface area contributed by atoms with Gasteiger partial charge in [0, 0.05) is 16.6 Å². The lowest BCUT2D eigenvalue weighted by atomic mass is 9.98. The van der Waals surface area contributed by atoms with Gasteiger partial charge in [-0.05, 0) is 50.6 Å². The van der Waals surface area contributed by atoms with Gasteiger partial charge in [-0.2, -0.15) is 0 Å². The van der Waals surface area contributed by atoms with E-state index in [4.69, 9.17) is 16.3 Å². The zero-order valence-corrected chi connectivity index (χ0v) is 13.6. The second kappa shape index (κ2) is 7.48. The van der Waals surface area contributed by atoms with Gasteiger partial charge in [0.05, 0.1) is 7.11 Å². The van der Waals surface area contributed by atoms with Gasteiger partial charge in [0.1, 0.15) is 5.75 Å². The number of ether oxygens (including phenoxy) is 1. The molecular formula is C18H22ClNO. The standard InChI is InChI=1S/C18H22ClNO/c1-13-4-6-14(7-5-13)8-10-17(20-2)16-12-15(19)9-11-18(16)21-3/h4-7,9,11-12,17,20H,8,10H2,1-3H3. The fourth-order valence-corrected chi connectivity index (χ4v) is 2.68. The highest BCUT2D eigenvalue weighted by molar-refractivity contribution is 6.30. The number of hydrogen-bond acceptors (Lipinski definition) is 2. The van der Waals surface area contributed by atoms with Crippen molar-refractivity contribution in [2.45, 2.75) is 25.8 Å². The third kappa shape index (κ3) is 4.23. The van der Waals surface area contributed by atoms with E-state index in [1.807, 2.05) is 25.2 Å². The summed E-state index contributed by atoms with van der Waals surface area (Å²) in [7, 11) is 3.67. The molecule has 2 nitrogen and oxygen atoms in total. The van der Waals surface area contributed by atoms with Crippen LogP contribution < -0.4 is 10.1 Å². The van der Waals surface area contributed by atoms with Crippen molar-refractivity contribution in [3.63, 3.8) is 0 Å². The Morgan fingerprint density at radius 3 is 2.48 bits per heavy atom. The molecule has 2 aromatic carbocycles. The normalized spacial score (nSPS) is 12.2. The first kappa shape index (κ1) is 15.9. The molecule has 0 amide bonds. The minimum absolute atomic E-state index is 0.222. The van der Waals surface area contributed by atoms with E-state index in [1.54, 1.807) is 7.11 Å². The predicted molar refractivity (Wildman–Crippen MR) is 89.3 cm³/mol.